The van der Waals surface area contributed by atoms with Gasteiger partial charge in [-0.3, -0.25) is 4.90 Å². The Bertz CT molecular complexity index is 864. The van der Waals surface area contributed by atoms with E-state index in [0.29, 0.717) is 24.4 Å². The predicted octanol–water partition coefficient (Wildman–Crippen LogP) is 4.05. The molecule has 160 valence electrons. The van der Waals surface area contributed by atoms with E-state index in [1.54, 1.807) is 12.0 Å². The van der Waals surface area contributed by atoms with Gasteiger partial charge in [0.15, 0.2) is 0 Å². The Morgan fingerprint density at radius 1 is 1.13 bits per heavy atom. The summed E-state index contributed by atoms with van der Waals surface area (Å²) in [6, 6.07) is 14.9. The molecule has 6 nitrogen and oxygen atoms in total. The third-order valence-electron chi connectivity index (χ3n) is 6.09. The molecule has 0 bridgehead atoms. The van der Waals surface area contributed by atoms with Crippen LogP contribution in [0.2, 0.25) is 5.02 Å². The fraction of sp³-hybridized carbons (Fsp3) is 0.435. The lowest BCUT2D eigenvalue weighted by Crippen LogP contribution is -2.43. The number of carbonyl (C=O) groups excluding carboxylic acids is 1. The van der Waals surface area contributed by atoms with Crippen LogP contribution in [0, 0.1) is 0 Å². The number of halogens is 1. The first-order chi connectivity index (χ1) is 14.5. The van der Waals surface area contributed by atoms with Crippen LogP contribution < -0.4 is 9.64 Å². The van der Waals surface area contributed by atoms with Gasteiger partial charge >= 0.3 is 6.09 Å². The number of benzene rings is 2. The quantitative estimate of drug-likeness (QED) is 0.749. The molecule has 1 N–H and O–H groups in total. The molecule has 30 heavy (non-hydrogen) atoms. The van der Waals surface area contributed by atoms with E-state index in [1.165, 1.54) is 0 Å². The number of ether oxygens (including phenoxy) is 2. The Balaban J connectivity index is 1.26. The minimum atomic E-state index is -0.800. The largest absolute Gasteiger partial charge is 0.497 e. The van der Waals surface area contributed by atoms with Crippen molar-refractivity contribution >= 4 is 23.4 Å². The molecule has 0 radical (unpaired) electrons. The number of cyclic esters (lactones) is 1. The van der Waals surface area contributed by atoms with E-state index in [-0.39, 0.29) is 12.2 Å². The molecule has 2 aromatic carbocycles. The van der Waals surface area contributed by atoms with Gasteiger partial charge in [0.1, 0.15) is 11.9 Å². The van der Waals surface area contributed by atoms with E-state index in [1.807, 2.05) is 48.5 Å². The molecule has 0 aromatic heterocycles. The van der Waals surface area contributed by atoms with Gasteiger partial charge in [-0.2, -0.15) is 0 Å². The summed E-state index contributed by atoms with van der Waals surface area (Å²) < 4.78 is 10.7. The van der Waals surface area contributed by atoms with Crippen molar-refractivity contribution in [3.05, 3.63) is 59.1 Å². The summed E-state index contributed by atoms with van der Waals surface area (Å²) in [6.07, 6.45) is 1.70. The van der Waals surface area contributed by atoms with Crippen molar-refractivity contribution < 1.29 is 19.4 Å². The van der Waals surface area contributed by atoms with Crippen molar-refractivity contribution in [1.82, 2.24) is 4.90 Å². The molecule has 2 heterocycles. The third kappa shape index (κ3) is 4.56. The molecule has 0 saturated carbocycles. The van der Waals surface area contributed by atoms with Crippen LogP contribution in [0.25, 0.3) is 0 Å². The van der Waals surface area contributed by atoms with E-state index in [2.05, 4.69) is 4.90 Å². The van der Waals surface area contributed by atoms with Crippen molar-refractivity contribution in [2.45, 2.75) is 31.0 Å². The van der Waals surface area contributed by atoms with Crippen LogP contribution in [0.5, 0.6) is 5.75 Å². The number of hydrogen-bond acceptors (Lipinski definition) is 5. The Kier molecular flexibility index (Phi) is 6.18. The van der Waals surface area contributed by atoms with E-state index in [4.69, 9.17) is 21.1 Å². The predicted molar refractivity (Wildman–Crippen MR) is 116 cm³/mol. The summed E-state index contributed by atoms with van der Waals surface area (Å²) >= 11 is 5.96. The fourth-order valence-electron chi connectivity index (χ4n) is 4.17. The van der Waals surface area contributed by atoms with Gasteiger partial charge in [-0.05, 0) is 61.2 Å². The average molecular weight is 431 g/mol. The maximum atomic E-state index is 12.3. The number of hydrogen-bond donors (Lipinski definition) is 1. The normalized spacial score (nSPS) is 21.5. The summed E-state index contributed by atoms with van der Waals surface area (Å²) in [4.78, 5) is 16.3. The minimum absolute atomic E-state index is 0.128. The average Bonchev–Trinajstić information content (AvgIpc) is 3.14. The van der Waals surface area contributed by atoms with Crippen molar-refractivity contribution in [3.8, 4) is 5.75 Å². The van der Waals surface area contributed by atoms with E-state index in [9.17, 15) is 9.90 Å². The molecule has 1 amide bonds. The molecular weight excluding hydrogens is 404 g/mol. The van der Waals surface area contributed by atoms with Gasteiger partial charge < -0.3 is 19.5 Å². The zero-order valence-corrected chi connectivity index (χ0v) is 17.8. The van der Waals surface area contributed by atoms with Crippen LogP contribution in [0.1, 0.15) is 24.8 Å². The van der Waals surface area contributed by atoms with Crippen LogP contribution >= 0.6 is 11.6 Å². The Morgan fingerprint density at radius 3 is 2.43 bits per heavy atom. The highest BCUT2D eigenvalue weighted by molar-refractivity contribution is 6.30. The number of likely N-dealkylation sites (tertiary alicyclic amines) is 1. The maximum Gasteiger partial charge on any atom is 0.414 e. The third-order valence-corrected chi connectivity index (χ3v) is 6.34. The van der Waals surface area contributed by atoms with Gasteiger partial charge in [-0.15, -0.1) is 0 Å². The van der Waals surface area contributed by atoms with Gasteiger partial charge in [-0.25, -0.2) is 4.79 Å². The van der Waals surface area contributed by atoms with Gasteiger partial charge in [0, 0.05) is 30.3 Å². The molecule has 7 heteroatoms. The first-order valence-corrected chi connectivity index (χ1v) is 10.7. The number of methoxy groups -OCH3 is 1. The smallest absolute Gasteiger partial charge is 0.414 e. The first-order valence-electron chi connectivity index (χ1n) is 10.3. The van der Waals surface area contributed by atoms with Crippen LogP contribution in [0.3, 0.4) is 0 Å². The number of amides is 1. The number of aliphatic hydroxyl groups is 1. The highest BCUT2D eigenvalue weighted by Gasteiger charge is 2.36. The SMILES string of the molecule is COc1ccc(N2C[C@H](CCN3CCC(O)(c4ccc(Cl)cc4)CC3)OC2=O)cc1. The van der Waals surface area contributed by atoms with E-state index in [0.717, 1.165) is 43.1 Å². The molecule has 2 aliphatic heterocycles. The number of rotatable bonds is 6. The molecule has 2 fully saturated rings. The highest BCUT2D eigenvalue weighted by atomic mass is 35.5. The van der Waals surface area contributed by atoms with Crippen LogP contribution in [-0.2, 0) is 10.3 Å². The van der Waals surface area contributed by atoms with Crippen molar-refractivity contribution in [2.24, 2.45) is 0 Å². The molecule has 2 aliphatic rings. The zero-order chi connectivity index (χ0) is 21.1. The second kappa shape index (κ2) is 8.84. The van der Waals surface area contributed by atoms with E-state index < -0.39 is 5.60 Å². The van der Waals surface area contributed by atoms with E-state index >= 15 is 0 Å². The lowest BCUT2D eigenvalue weighted by molar-refractivity contribution is -0.0275. The van der Waals surface area contributed by atoms with Crippen LogP contribution in [0.15, 0.2) is 48.5 Å². The molecule has 1 atom stereocenters. The van der Waals surface area contributed by atoms with Crippen molar-refractivity contribution in [1.29, 1.82) is 0 Å². The Morgan fingerprint density at radius 2 is 1.80 bits per heavy atom. The molecule has 0 unspecified atom stereocenters. The van der Waals surface area contributed by atoms with Gasteiger partial charge in [0.05, 0.1) is 19.3 Å². The van der Waals surface area contributed by atoms with Crippen molar-refractivity contribution in [2.75, 3.05) is 38.2 Å². The number of carbonyl (C=O) groups is 1. The summed E-state index contributed by atoms with van der Waals surface area (Å²) in [5.74, 6) is 0.756. The second-order valence-electron chi connectivity index (χ2n) is 7.98. The highest BCUT2D eigenvalue weighted by Crippen LogP contribution is 2.33. The molecule has 4 rings (SSSR count). The fourth-order valence-corrected chi connectivity index (χ4v) is 4.29. The maximum absolute atomic E-state index is 12.3. The van der Waals surface area contributed by atoms with Gasteiger partial charge in [-0.1, -0.05) is 23.7 Å². The van der Waals surface area contributed by atoms with Gasteiger partial charge in [0.2, 0.25) is 0 Å². The van der Waals surface area contributed by atoms with Crippen LogP contribution in [-0.4, -0.2) is 55.5 Å². The van der Waals surface area contributed by atoms with Crippen LogP contribution in [0.4, 0.5) is 10.5 Å². The van der Waals surface area contributed by atoms with Crippen molar-refractivity contribution in [3.63, 3.8) is 0 Å². The monoisotopic (exact) mass is 430 g/mol. The minimum Gasteiger partial charge on any atom is -0.497 e. The number of piperidine rings is 1. The molecule has 2 saturated heterocycles. The lowest BCUT2D eigenvalue weighted by Gasteiger charge is -2.38. The summed E-state index contributed by atoms with van der Waals surface area (Å²) in [5.41, 5.74) is 0.937. The van der Waals surface area contributed by atoms with Gasteiger partial charge in [0.25, 0.3) is 0 Å². The summed E-state index contributed by atoms with van der Waals surface area (Å²) in [5, 5.41) is 11.7. The molecule has 0 spiro atoms. The Labute approximate surface area is 181 Å². The topological polar surface area (TPSA) is 62.2 Å². The first kappa shape index (κ1) is 21.0. The molecular formula is C23H27ClN2O4. The molecule has 0 aliphatic carbocycles. The molecule has 2 aromatic rings. The lowest BCUT2D eigenvalue weighted by atomic mass is 9.84. The number of anilines is 1. The zero-order valence-electron chi connectivity index (χ0n) is 17.1. The summed E-state index contributed by atoms with van der Waals surface area (Å²) in [6.45, 7) is 3.00. The standard InChI is InChI=1S/C23H27ClN2O4/c1-29-20-8-6-19(7-9-20)26-16-21(30-22(26)27)10-13-25-14-11-23(28,12-15-25)17-2-4-18(24)5-3-17/h2-9,21,28H,10-16H2,1H3/t21-/m0/s1. The Hall–Kier alpha value is -2.28. The number of nitrogens with zero attached hydrogens (tertiary/aromatic N) is 2. The second-order valence-corrected chi connectivity index (χ2v) is 8.42. The summed E-state index contributed by atoms with van der Waals surface area (Å²) in [7, 11) is 1.62.